The van der Waals surface area contributed by atoms with E-state index >= 15 is 0 Å². The predicted molar refractivity (Wildman–Crippen MR) is 76.4 cm³/mol. The fourth-order valence-corrected chi connectivity index (χ4v) is 8.47. The highest BCUT2D eigenvalue weighted by Crippen LogP contribution is 2.42. The summed E-state index contributed by atoms with van der Waals surface area (Å²) in [5.74, 6) is 0. The molecule has 0 aromatic carbocycles. The predicted octanol–water partition coefficient (Wildman–Crippen LogP) is 5.14. The van der Waals surface area contributed by atoms with E-state index in [0.29, 0.717) is 16.6 Å². The van der Waals surface area contributed by atoms with E-state index < -0.39 is 8.32 Å². The van der Waals surface area contributed by atoms with E-state index in [4.69, 9.17) is 4.43 Å². The molecule has 0 bridgehead atoms. The topological polar surface area (TPSA) is 9.23 Å². The number of unbranched alkanes of at least 4 members (excludes halogenated alkanes) is 1. The average molecular weight is 242 g/mol. The van der Waals surface area contributed by atoms with Gasteiger partial charge in [-0.25, -0.2) is 0 Å². The van der Waals surface area contributed by atoms with Gasteiger partial charge in [-0.3, -0.25) is 0 Å². The van der Waals surface area contributed by atoms with Gasteiger partial charge in [-0.05, 0) is 29.5 Å². The van der Waals surface area contributed by atoms with Crippen LogP contribution in [0.1, 0.15) is 54.4 Å². The van der Waals surface area contributed by atoms with Crippen molar-refractivity contribution in [3.63, 3.8) is 0 Å². The van der Waals surface area contributed by atoms with E-state index in [2.05, 4.69) is 48.1 Å². The summed E-state index contributed by atoms with van der Waals surface area (Å²) in [6, 6.07) is 0. The zero-order valence-electron chi connectivity index (χ0n) is 12.0. The van der Waals surface area contributed by atoms with Gasteiger partial charge in [0, 0.05) is 6.61 Å². The third-order valence-electron chi connectivity index (χ3n) is 3.61. The molecular weight excluding hydrogens is 212 g/mol. The second-order valence-corrected chi connectivity index (χ2v) is 11.1. The molecule has 0 aliphatic rings. The lowest BCUT2D eigenvalue weighted by Crippen LogP contribution is -2.47. The van der Waals surface area contributed by atoms with Crippen LogP contribution < -0.4 is 0 Å². The summed E-state index contributed by atoms with van der Waals surface area (Å²) in [6.07, 6.45) is 4.16. The minimum atomic E-state index is -1.61. The number of allylic oxidation sites excluding steroid dienone is 1. The van der Waals surface area contributed by atoms with Crippen LogP contribution in [0.25, 0.3) is 0 Å². The standard InChI is InChI=1S/C14H30OSi/c1-8-9-10-11-15-16(12(2)3,13(4)5)14(6)7/h8,12-14H,1,9-11H2,2-7H3. The van der Waals surface area contributed by atoms with Crippen LogP contribution in [-0.4, -0.2) is 14.9 Å². The van der Waals surface area contributed by atoms with Crippen molar-refractivity contribution in [2.75, 3.05) is 6.61 Å². The van der Waals surface area contributed by atoms with Gasteiger partial charge < -0.3 is 4.43 Å². The van der Waals surface area contributed by atoms with Crippen LogP contribution in [0.3, 0.4) is 0 Å². The zero-order chi connectivity index (χ0) is 12.8. The lowest BCUT2D eigenvalue weighted by Gasteiger charge is -2.42. The molecule has 0 aromatic heterocycles. The first-order valence-electron chi connectivity index (χ1n) is 6.64. The van der Waals surface area contributed by atoms with Crippen molar-refractivity contribution in [2.45, 2.75) is 71.0 Å². The first-order valence-corrected chi connectivity index (χ1v) is 8.78. The molecule has 16 heavy (non-hydrogen) atoms. The molecule has 0 atom stereocenters. The average Bonchev–Trinajstić information content (AvgIpc) is 2.16. The summed E-state index contributed by atoms with van der Waals surface area (Å²) in [4.78, 5) is 0. The molecule has 1 nitrogen and oxygen atoms in total. The highest BCUT2D eigenvalue weighted by atomic mass is 28.4. The Morgan fingerprint density at radius 2 is 1.44 bits per heavy atom. The Kier molecular flexibility index (Phi) is 7.25. The summed E-state index contributed by atoms with van der Waals surface area (Å²) < 4.78 is 6.41. The van der Waals surface area contributed by atoms with E-state index in [1.165, 1.54) is 0 Å². The molecule has 0 heterocycles. The molecule has 0 saturated heterocycles. The van der Waals surface area contributed by atoms with Gasteiger partial charge in [-0.1, -0.05) is 47.6 Å². The molecule has 0 fully saturated rings. The van der Waals surface area contributed by atoms with Crippen LogP contribution in [-0.2, 0) is 4.43 Å². The SMILES string of the molecule is C=CCCCO[Si](C(C)C)(C(C)C)C(C)C. The molecule has 0 amide bonds. The van der Waals surface area contributed by atoms with Gasteiger partial charge in [0.2, 0.25) is 0 Å². The van der Waals surface area contributed by atoms with E-state index in [1.54, 1.807) is 0 Å². The molecule has 96 valence electrons. The van der Waals surface area contributed by atoms with Gasteiger partial charge in [0.1, 0.15) is 0 Å². The maximum Gasteiger partial charge on any atom is 0.200 e. The largest absolute Gasteiger partial charge is 0.416 e. The van der Waals surface area contributed by atoms with E-state index in [0.717, 1.165) is 19.4 Å². The van der Waals surface area contributed by atoms with Gasteiger partial charge in [0.05, 0.1) is 0 Å². The van der Waals surface area contributed by atoms with Crippen LogP contribution in [0.4, 0.5) is 0 Å². The molecule has 0 saturated carbocycles. The summed E-state index contributed by atoms with van der Waals surface area (Å²) in [7, 11) is -1.61. The van der Waals surface area contributed by atoms with Crippen molar-refractivity contribution in [3.05, 3.63) is 12.7 Å². The van der Waals surface area contributed by atoms with Crippen LogP contribution in [0, 0.1) is 0 Å². The highest BCUT2D eigenvalue weighted by molar-refractivity contribution is 6.77. The lowest BCUT2D eigenvalue weighted by atomic mass is 10.3. The molecule has 0 rings (SSSR count). The fourth-order valence-electron chi connectivity index (χ4n) is 2.98. The summed E-state index contributed by atoms with van der Waals surface area (Å²) >= 11 is 0. The minimum Gasteiger partial charge on any atom is -0.416 e. The molecule has 0 aliphatic heterocycles. The Labute approximate surface area is 103 Å². The van der Waals surface area contributed by atoms with Crippen LogP contribution >= 0.6 is 0 Å². The van der Waals surface area contributed by atoms with Crippen LogP contribution in [0.15, 0.2) is 12.7 Å². The van der Waals surface area contributed by atoms with Gasteiger partial charge in [0.15, 0.2) is 8.32 Å². The molecule has 0 aromatic rings. The van der Waals surface area contributed by atoms with Gasteiger partial charge in [0.25, 0.3) is 0 Å². The quantitative estimate of drug-likeness (QED) is 0.325. The molecule has 0 unspecified atom stereocenters. The highest BCUT2D eigenvalue weighted by Gasteiger charge is 2.44. The zero-order valence-corrected chi connectivity index (χ0v) is 13.0. The Morgan fingerprint density at radius 3 is 1.75 bits per heavy atom. The molecular formula is C14H30OSi. The molecule has 0 N–H and O–H groups in total. The first-order chi connectivity index (χ1) is 7.39. The minimum absolute atomic E-state index is 0.691. The van der Waals surface area contributed by atoms with Gasteiger partial charge in [-0.2, -0.15) is 0 Å². The third-order valence-corrected chi connectivity index (χ3v) is 9.73. The molecule has 2 heteroatoms. The van der Waals surface area contributed by atoms with Crippen molar-refractivity contribution in [3.8, 4) is 0 Å². The van der Waals surface area contributed by atoms with Crippen molar-refractivity contribution >= 4 is 8.32 Å². The third kappa shape index (κ3) is 3.74. The summed E-state index contributed by atoms with van der Waals surface area (Å²) in [5, 5.41) is 0. The first kappa shape index (κ1) is 15.9. The summed E-state index contributed by atoms with van der Waals surface area (Å²) in [6.45, 7) is 18.7. The van der Waals surface area contributed by atoms with Gasteiger partial charge in [-0.15, -0.1) is 6.58 Å². The number of rotatable bonds is 8. The monoisotopic (exact) mass is 242 g/mol. The van der Waals surface area contributed by atoms with E-state index in [1.807, 2.05) is 6.08 Å². The Bertz CT molecular complexity index is 175. The molecule has 0 spiro atoms. The Morgan fingerprint density at radius 1 is 1.00 bits per heavy atom. The normalized spacial score (nSPS) is 12.8. The van der Waals surface area contributed by atoms with Crippen molar-refractivity contribution in [1.82, 2.24) is 0 Å². The van der Waals surface area contributed by atoms with Crippen LogP contribution in [0.5, 0.6) is 0 Å². The summed E-state index contributed by atoms with van der Waals surface area (Å²) in [5.41, 5.74) is 2.07. The van der Waals surface area contributed by atoms with Gasteiger partial charge >= 0.3 is 0 Å². The Hall–Kier alpha value is -0.0831. The molecule has 0 aliphatic carbocycles. The second kappa shape index (κ2) is 7.28. The smallest absolute Gasteiger partial charge is 0.200 e. The van der Waals surface area contributed by atoms with Crippen molar-refractivity contribution in [1.29, 1.82) is 0 Å². The lowest BCUT2D eigenvalue weighted by molar-refractivity contribution is 0.273. The molecule has 0 radical (unpaired) electrons. The maximum absolute atomic E-state index is 6.41. The maximum atomic E-state index is 6.41. The second-order valence-electron chi connectivity index (χ2n) is 5.60. The van der Waals surface area contributed by atoms with Crippen molar-refractivity contribution < 1.29 is 4.43 Å². The van der Waals surface area contributed by atoms with Crippen LogP contribution in [0.2, 0.25) is 16.6 Å². The fraction of sp³-hybridized carbons (Fsp3) is 0.857. The number of hydrogen-bond acceptors (Lipinski definition) is 1. The number of hydrogen-bond donors (Lipinski definition) is 0. The van der Waals surface area contributed by atoms with Crippen molar-refractivity contribution in [2.24, 2.45) is 0 Å². The van der Waals surface area contributed by atoms with E-state index in [9.17, 15) is 0 Å². The Balaban J connectivity index is 4.57. The van der Waals surface area contributed by atoms with E-state index in [-0.39, 0.29) is 0 Å².